The highest BCUT2D eigenvalue weighted by atomic mass is 16.5. The molecule has 1 aliphatic heterocycles. The van der Waals surface area contributed by atoms with Crippen LogP contribution in [0, 0.1) is 31.6 Å². The Morgan fingerprint density at radius 3 is 2.60 bits per heavy atom. The number of aliphatic carboxylic acids is 1. The molecule has 2 amide bonds. The maximum Gasteiger partial charge on any atom is 0.330 e. The Hall–Kier alpha value is -4.47. The molecule has 3 aromatic rings. The number of carboxylic acids is 1. The number of benzene rings is 1. The summed E-state index contributed by atoms with van der Waals surface area (Å²) < 4.78 is 12.3. The van der Waals surface area contributed by atoms with Crippen molar-refractivity contribution in [2.75, 3.05) is 20.7 Å². The van der Waals surface area contributed by atoms with Crippen LogP contribution in [-0.4, -0.2) is 70.1 Å². The maximum atomic E-state index is 13.8. The Morgan fingerprint density at radius 1 is 1.04 bits per heavy atom. The van der Waals surface area contributed by atoms with E-state index in [1.165, 1.54) is 0 Å². The molecule has 10 nitrogen and oxygen atoms in total. The van der Waals surface area contributed by atoms with Gasteiger partial charge in [0.15, 0.2) is 0 Å². The molecule has 5 atom stereocenters. The Morgan fingerprint density at radius 2 is 1.84 bits per heavy atom. The van der Waals surface area contributed by atoms with E-state index in [9.17, 15) is 19.5 Å². The molecule has 5 unspecified atom stereocenters. The Labute approximate surface area is 262 Å². The molecule has 3 heterocycles. The number of rotatable bonds is 5. The highest BCUT2D eigenvalue weighted by Gasteiger charge is 2.61. The van der Waals surface area contributed by atoms with E-state index in [1.807, 2.05) is 62.4 Å². The van der Waals surface area contributed by atoms with Crippen LogP contribution in [0.25, 0.3) is 22.3 Å². The number of methoxy groups -OCH3 is 1. The lowest BCUT2D eigenvalue weighted by Gasteiger charge is -2.26. The average molecular weight is 613 g/mol. The SMILES string of the molecule is COc1ccc2c(OC3CC4C(=O)NC5(C(=O)O)CC5/C=C\CCCCN(C)C(=O)C4C3)cc(-c3cccc(C)n3)nc2c1C. The summed E-state index contributed by atoms with van der Waals surface area (Å²) in [7, 11) is 3.39. The number of carbonyl (C=O) groups is 3. The van der Waals surface area contributed by atoms with E-state index in [0.717, 1.165) is 35.9 Å². The molecule has 2 fully saturated rings. The minimum absolute atomic E-state index is 0.115. The predicted molar refractivity (Wildman–Crippen MR) is 169 cm³/mol. The van der Waals surface area contributed by atoms with Gasteiger partial charge < -0.3 is 24.8 Å². The molecule has 0 saturated heterocycles. The summed E-state index contributed by atoms with van der Waals surface area (Å²) in [4.78, 5) is 51.2. The molecular formula is C35H40N4O6. The molecule has 45 heavy (non-hydrogen) atoms. The van der Waals surface area contributed by atoms with Crippen LogP contribution in [0.15, 0.2) is 48.6 Å². The highest BCUT2D eigenvalue weighted by Crippen LogP contribution is 2.47. The van der Waals surface area contributed by atoms with Crippen molar-refractivity contribution in [1.82, 2.24) is 20.2 Å². The van der Waals surface area contributed by atoms with Gasteiger partial charge in [0.2, 0.25) is 11.8 Å². The Bertz CT molecular complexity index is 1690. The van der Waals surface area contributed by atoms with Gasteiger partial charge in [-0.15, -0.1) is 0 Å². The zero-order valence-corrected chi connectivity index (χ0v) is 26.2. The summed E-state index contributed by atoms with van der Waals surface area (Å²) in [6.07, 6.45) is 6.93. The van der Waals surface area contributed by atoms with Crippen LogP contribution in [0.4, 0.5) is 0 Å². The molecule has 236 valence electrons. The van der Waals surface area contributed by atoms with Crippen molar-refractivity contribution in [3.8, 4) is 22.9 Å². The first-order valence-electron chi connectivity index (χ1n) is 15.7. The van der Waals surface area contributed by atoms with Crippen molar-refractivity contribution in [3.05, 3.63) is 59.8 Å². The fraction of sp³-hybridized carbons (Fsp3) is 0.457. The number of amides is 2. The molecule has 0 bridgehead atoms. The fourth-order valence-corrected chi connectivity index (χ4v) is 6.89. The molecule has 3 aliphatic rings. The van der Waals surface area contributed by atoms with Crippen LogP contribution < -0.4 is 14.8 Å². The van der Waals surface area contributed by atoms with Gasteiger partial charge in [-0.05, 0) is 76.6 Å². The Balaban J connectivity index is 1.35. The maximum absolute atomic E-state index is 13.8. The number of hydrogen-bond acceptors (Lipinski definition) is 7. The van der Waals surface area contributed by atoms with Crippen LogP contribution in [0.2, 0.25) is 0 Å². The number of hydrogen-bond donors (Lipinski definition) is 2. The van der Waals surface area contributed by atoms with Gasteiger partial charge in [-0.25, -0.2) is 9.78 Å². The smallest absolute Gasteiger partial charge is 0.330 e. The van der Waals surface area contributed by atoms with Gasteiger partial charge >= 0.3 is 5.97 Å². The number of pyridine rings is 2. The molecule has 0 spiro atoms. The fourth-order valence-electron chi connectivity index (χ4n) is 6.89. The van der Waals surface area contributed by atoms with E-state index < -0.39 is 35.4 Å². The highest BCUT2D eigenvalue weighted by molar-refractivity contribution is 5.94. The molecule has 0 radical (unpaired) electrons. The van der Waals surface area contributed by atoms with Crippen molar-refractivity contribution in [3.63, 3.8) is 0 Å². The predicted octanol–water partition coefficient (Wildman–Crippen LogP) is 4.85. The van der Waals surface area contributed by atoms with Crippen molar-refractivity contribution < 1.29 is 29.0 Å². The number of nitrogens with zero attached hydrogens (tertiary/aromatic N) is 3. The first kappa shape index (κ1) is 30.6. The van der Waals surface area contributed by atoms with Gasteiger partial charge in [0, 0.05) is 42.2 Å². The molecule has 6 rings (SSSR count). The van der Waals surface area contributed by atoms with Crippen molar-refractivity contribution in [2.24, 2.45) is 17.8 Å². The summed E-state index contributed by atoms with van der Waals surface area (Å²) in [5, 5.41) is 13.7. The largest absolute Gasteiger partial charge is 0.496 e. The number of fused-ring (bicyclic) bond motifs is 3. The van der Waals surface area contributed by atoms with Crippen LogP contribution in [0.5, 0.6) is 11.5 Å². The number of allylic oxidation sites excluding steroid dienone is 1. The van der Waals surface area contributed by atoms with Gasteiger partial charge in [0.25, 0.3) is 0 Å². The minimum atomic E-state index is -1.33. The van der Waals surface area contributed by atoms with Crippen LogP contribution >= 0.6 is 0 Å². The Kier molecular flexibility index (Phi) is 8.24. The van der Waals surface area contributed by atoms with Gasteiger partial charge in [0.1, 0.15) is 23.1 Å². The van der Waals surface area contributed by atoms with Gasteiger partial charge in [0.05, 0.1) is 35.9 Å². The standard InChI is InChI=1S/C35H40N4O6/c1-20-10-9-12-27(36-20)28-18-30(24-13-14-29(44-4)21(2)31(24)37-28)45-23-16-25-26(17-23)33(41)39(3)15-8-6-5-7-11-22-19-35(22,34(42)43)38-32(25)40/h7,9-14,18,22-23,25-26H,5-6,8,15-17,19H2,1-4H3,(H,38,40)(H,42,43)/b11-7-. The third-order valence-electron chi connectivity index (χ3n) is 9.59. The van der Waals surface area contributed by atoms with Gasteiger partial charge in [-0.3, -0.25) is 14.6 Å². The second kappa shape index (κ2) is 12.1. The minimum Gasteiger partial charge on any atom is -0.496 e. The van der Waals surface area contributed by atoms with E-state index in [0.29, 0.717) is 47.8 Å². The van der Waals surface area contributed by atoms with Gasteiger partial charge in [-0.2, -0.15) is 0 Å². The third-order valence-corrected chi connectivity index (χ3v) is 9.59. The molecule has 2 N–H and O–H groups in total. The first-order valence-corrected chi connectivity index (χ1v) is 15.7. The topological polar surface area (TPSA) is 131 Å². The molecule has 2 saturated carbocycles. The van der Waals surface area contributed by atoms with E-state index in [1.54, 1.807) is 19.1 Å². The number of ether oxygens (including phenoxy) is 2. The van der Waals surface area contributed by atoms with Crippen LogP contribution in [0.3, 0.4) is 0 Å². The zero-order chi connectivity index (χ0) is 31.9. The molecule has 10 heteroatoms. The summed E-state index contributed by atoms with van der Waals surface area (Å²) in [5.41, 5.74) is 2.44. The van der Waals surface area contributed by atoms with Crippen molar-refractivity contribution in [1.29, 1.82) is 0 Å². The zero-order valence-electron chi connectivity index (χ0n) is 26.2. The summed E-state index contributed by atoms with van der Waals surface area (Å²) >= 11 is 0. The van der Waals surface area contributed by atoms with E-state index in [4.69, 9.17) is 14.5 Å². The molecule has 1 aromatic carbocycles. The quantitative estimate of drug-likeness (QED) is 0.391. The number of nitrogens with one attached hydrogen (secondary N) is 1. The lowest BCUT2D eigenvalue weighted by molar-refractivity contribution is -0.145. The number of aromatic nitrogens is 2. The van der Waals surface area contributed by atoms with Crippen LogP contribution in [0.1, 0.15) is 49.8 Å². The molecule has 2 aromatic heterocycles. The van der Waals surface area contributed by atoms with Crippen molar-refractivity contribution in [2.45, 2.75) is 64.0 Å². The van der Waals surface area contributed by atoms with E-state index in [-0.39, 0.29) is 18.2 Å². The second-order valence-corrected chi connectivity index (χ2v) is 12.6. The van der Waals surface area contributed by atoms with E-state index in [2.05, 4.69) is 10.3 Å². The number of carboxylic acid groups (broad SMARTS) is 1. The third kappa shape index (κ3) is 5.85. The molecular weight excluding hydrogens is 572 g/mol. The monoisotopic (exact) mass is 612 g/mol. The average Bonchev–Trinajstić information content (AvgIpc) is 3.56. The molecule has 2 aliphatic carbocycles. The lowest BCUT2D eigenvalue weighted by Crippen LogP contribution is -2.49. The first-order chi connectivity index (χ1) is 21.6. The summed E-state index contributed by atoms with van der Waals surface area (Å²) in [5.74, 6) is -1.90. The number of carbonyl (C=O) groups excluding carboxylic acids is 2. The lowest BCUT2D eigenvalue weighted by atomic mass is 9.93. The van der Waals surface area contributed by atoms with Crippen LogP contribution in [-0.2, 0) is 14.4 Å². The number of aryl methyl sites for hydroxylation is 2. The normalized spacial score (nSPS) is 27.6. The van der Waals surface area contributed by atoms with E-state index >= 15 is 0 Å². The summed E-state index contributed by atoms with van der Waals surface area (Å²) in [6, 6.07) is 11.4. The van der Waals surface area contributed by atoms with Gasteiger partial charge in [-0.1, -0.05) is 18.2 Å². The summed E-state index contributed by atoms with van der Waals surface area (Å²) in [6.45, 7) is 4.46. The second-order valence-electron chi connectivity index (χ2n) is 12.6. The van der Waals surface area contributed by atoms with Crippen molar-refractivity contribution >= 4 is 28.7 Å².